The van der Waals surface area contributed by atoms with Crippen LogP contribution >= 0.6 is 0 Å². The van der Waals surface area contributed by atoms with E-state index in [1.54, 1.807) is 30.3 Å². The van der Waals surface area contributed by atoms with Crippen molar-refractivity contribution < 1.29 is 8.42 Å². The fourth-order valence-electron chi connectivity index (χ4n) is 3.64. The van der Waals surface area contributed by atoms with Gasteiger partial charge in [-0.2, -0.15) is 0 Å². The molecule has 2 nitrogen and oxygen atoms in total. The van der Waals surface area contributed by atoms with E-state index in [4.69, 9.17) is 0 Å². The molecule has 0 heterocycles. The molecule has 2 aliphatic carbocycles. The third kappa shape index (κ3) is 1.53. The lowest BCUT2D eigenvalue weighted by molar-refractivity contribution is 0.495. The van der Waals surface area contributed by atoms with Crippen LogP contribution in [-0.2, 0) is 9.84 Å². The zero-order valence-corrected chi connectivity index (χ0v) is 12.1. The number of hydrogen-bond acceptors (Lipinski definition) is 2. The Morgan fingerprint density at radius 2 is 1.95 bits per heavy atom. The summed E-state index contributed by atoms with van der Waals surface area (Å²) in [5.41, 5.74) is 0.828. The first-order chi connectivity index (χ1) is 9.54. The van der Waals surface area contributed by atoms with Gasteiger partial charge >= 0.3 is 0 Å². The lowest BCUT2D eigenvalue weighted by Crippen LogP contribution is -2.43. The molecule has 0 saturated heterocycles. The van der Waals surface area contributed by atoms with Gasteiger partial charge in [0.2, 0.25) is 0 Å². The average molecular weight is 286 g/mol. The molecule has 0 radical (unpaired) electrons. The minimum atomic E-state index is -3.46. The maximum absolute atomic E-state index is 13.2. The first-order valence-electron chi connectivity index (χ1n) is 6.82. The molecule has 0 aromatic heterocycles. The van der Waals surface area contributed by atoms with Crippen molar-refractivity contribution in [2.24, 2.45) is 11.8 Å². The highest BCUT2D eigenvalue weighted by molar-refractivity contribution is 7.93. The van der Waals surface area contributed by atoms with E-state index < -0.39 is 14.6 Å². The smallest absolute Gasteiger partial charge is 0.188 e. The van der Waals surface area contributed by atoms with Crippen LogP contribution in [0.2, 0.25) is 0 Å². The Balaban J connectivity index is 2.20. The van der Waals surface area contributed by atoms with Gasteiger partial charge in [-0.3, -0.25) is 0 Å². The molecule has 1 aromatic carbocycles. The summed E-state index contributed by atoms with van der Waals surface area (Å²) in [6.07, 6.45) is 7.13. The molecule has 3 heteroatoms. The van der Waals surface area contributed by atoms with E-state index in [0.29, 0.717) is 11.3 Å². The zero-order valence-electron chi connectivity index (χ0n) is 11.3. The van der Waals surface area contributed by atoms with Crippen LogP contribution in [0.4, 0.5) is 0 Å². The second-order valence-corrected chi connectivity index (χ2v) is 7.76. The van der Waals surface area contributed by atoms with Crippen LogP contribution in [0.3, 0.4) is 0 Å². The summed E-state index contributed by atoms with van der Waals surface area (Å²) in [5.74, 6) is 0.210. The maximum Gasteiger partial charge on any atom is 0.188 e. The summed E-state index contributed by atoms with van der Waals surface area (Å²) in [6, 6.07) is 8.70. The van der Waals surface area contributed by atoms with E-state index in [0.717, 1.165) is 12.0 Å². The van der Waals surface area contributed by atoms with Crippen LogP contribution < -0.4 is 0 Å². The summed E-state index contributed by atoms with van der Waals surface area (Å²) >= 11 is 0. The zero-order chi connectivity index (χ0) is 14.4. The van der Waals surface area contributed by atoms with E-state index in [2.05, 4.69) is 19.2 Å². The summed E-state index contributed by atoms with van der Waals surface area (Å²) in [4.78, 5) is 0.379. The van der Waals surface area contributed by atoms with E-state index >= 15 is 0 Å². The fourth-order valence-corrected chi connectivity index (χ4v) is 5.99. The second kappa shape index (κ2) is 4.45. The van der Waals surface area contributed by atoms with Crippen molar-refractivity contribution in [3.63, 3.8) is 0 Å². The fraction of sp³-hybridized carbons (Fsp3) is 0.294. The van der Waals surface area contributed by atoms with E-state index in [1.165, 1.54) is 0 Å². The van der Waals surface area contributed by atoms with E-state index in [-0.39, 0.29) is 11.8 Å². The molecular weight excluding hydrogens is 268 g/mol. The molecule has 3 rings (SSSR count). The molecule has 0 amide bonds. The highest BCUT2D eigenvalue weighted by Gasteiger charge is 2.58. The largest absolute Gasteiger partial charge is 0.223 e. The number of sulfone groups is 1. The molecule has 0 spiro atoms. The lowest BCUT2D eigenvalue weighted by Gasteiger charge is -2.36. The molecule has 3 atom stereocenters. The number of rotatable bonds is 4. The average Bonchev–Trinajstić information content (AvgIpc) is 3.03. The number of hydrogen-bond donors (Lipinski definition) is 0. The summed E-state index contributed by atoms with van der Waals surface area (Å²) in [5, 5.41) is 0. The summed E-state index contributed by atoms with van der Waals surface area (Å²) in [6.45, 7) is 7.89. The molecule has 1 fully saturated rings. The summed E-state index contributed by atoms with van der Waals surface area (Å²) < 4.78 is 25.5. The van der Waals surface area contributed by atoms with Gasteiger partial charge in [0.25, 0.3) is 0 Å². The monoisotopic (exact) mass is 286 g/mol. The Morgan fingerprint density at radius 1 is 1.25 bits per heavy atom. The Hall–Kier alpha value is -1.61. The molecule has 2 aliphatic rings. The third-order valence-electron chi connectivity index (χ3n) is 4.65. The Bertz CT molecular complexity index is 685. The van der Waals surface area contributed by atoms with Gasteiger partial charge in [0.15, 0.2) is 9.84 Å². The van der Waals surface area contributed by atoms with E-state index in [9.17, 15) is 8.42 Å². The van der Waals surface area contributed by atoms with Gasteiger partial charge in [-0.15, -0.1) is 6.58 Å². The van der Waals surface area contributed by atoms with Crippen molar-refractivity contribution in [3.05, 3.63) is 67.3 Å². The first kappa shape index (κ1) is 13.4. The molecule has 1 saturated carbocycles. The highest BCUT2D eigenvalue weighted by atomic mass is 32.2. The molecular formula is C17H18O2S. The summed E-state index contributed by atoms with van der Waals surface area (Å²) in [7, 11) is -3.46. The van der Waals surface area contributed by atoms with Gasteiger partial charge in [0.05, 0.1) is 4.90 Å². The number of fused-ring (bicyclic) bond motifs is 2. The molecule has 0 aliphatic heterocycles. The lowest BCUT2D eigenvalue weighted by atomic mass is 9.86. The van der Waals surface area contributed by atoms with Crippen LogP contribution in [0.15, 0.2) is 72.2 Å². The van der Waals surface area contributed by atoms with E-state index in [1.807, 2.05) is 12.1 Å². The molecule has 1 aromatic rings. The minimum Gasteiger partial charge on any atom is -0.223 e. The van der Waals surface area contributed by atoms with Crippen molar-refractivity contribution in [3.8, 4) is 0 Å². The van der Waals surface area contributed by atoms with Crippen LogP contribution in [0.1, 0.15) is 12.8 Å². The molecule has 2 bridgehead atoms. The highest BCUT2D eigenvalue weighted by Crippen LogP contribution is 2.56. The van der Waals surface area contributed by atoms with Gasteiger partial charge in [-0.05, 0) is 36.5 Å². The first-order valence-corrected chi connectivity index (χ1v) is 8.30. The van der Waals surface area contributed by atoms with Crippen molar-refractivity contribution >= 4 is 9.84 Å². The third-order valence-corrected chi connectivity index (χ3v) is 7.24. The maximum atomic E-state index is 13.2. The van der Waals surface area contributed by atoms with Crippen molar-refractivity contribution in [1.82, 2.24) is 0 Å². The van der Waals surface area contributed by atoms with Crippen molar-refractivity contribution in [2.45, 2.75) is 22.5 Å². The molecule has 20 heavy (non-hydrogen) atoms. The van der Waals surface area contributed by atoms with Crippen LogP contribution in [-0.4, -0.2) is 13.2 Å². The van der Waals surface area contributed by atoms with Crippen LogP contribution in [0, 0.1) is 11.8 Å². The Morgan fingerprint density at radius 3 is 2.50 bits per heavy atom. The normalized spacial score (nSPS) is 31.7. The molecule has 104 valence electrons. The number of allylic oxidation sites excluding steroid dienone is 3. The van der Waals surface area contributed by atoms with Gasteiger partial charge in [0, 0.05) is 5.92 Å². The van der Waals surface area contributed by atoms with Crippen molar-refractivity contribution in [2.75, 3.05) is 0 Å². The predicted octanol–water partition coefficient (Wildman–Crippen LogP) is 3.54. The SMILES string of the molecule is C=CC[C@]1(S(=O)(=O)c2ccccc2)C(=C)[C@H]2C=C[C@H]1C2. The van der Waals surface area contributed by atoms with Gasteiger partial charge in [-0.1, -0.05) is 43.0 Å². The quantitative estimate of drug-likeness (QED) is 0.793. The van der Waals surface area contributed by atoms with Gasteiger partial charge in [0.1, 0.15) is 4.75 Å². The van der Waals surface area contributed by atoms with Crippen LogP contribution in [0.25, 0.3) is 0 Å². The van der Waals surface area contributed by atoms with Gasteiger partial charge in [-0.25, -0.2) is 8.42 Å². The Kier molecular flexibility index (Phi) is 2.98. The topological polar surface area (TPSA) is 34.1 Å². The van der Waals surface area contributed by atoms with Crippen molar-refractivity contribution in [1.29, 1.82) is 0 Å². The Labute approximate surface area is 120 Å². The van der Waals surface area contributed by atoms with Crippen LogP contribution in [0.5, 0.6) is 0 Å². The minimum absolute atomic E-state index is 0.0169. The van der Waals surface area contributed by atoms with Gasteiger partial charge < -0.3 is 0 Å². The predicted molar refractivity (Wildman–Crippen MR) is 81.0 cm³/mol. The second-order valence-electron chi connectivity index (χ2n) is 5.56. The standard InChI is InChI=1S/C17H18O2S/c1-3-11-17(13(2)14-9-10-15(17)12-14)20(18,19)16-7-5-4-6-8-16/h3-10,14-15H,1-2,11-12H2/t14-,15-,17-/m0/s1. The molecule has 0 unspecified atom stereocenters. The number of benzene rings is 1. The molecule has 0 N–H and O–H groups in total.